The van der Waals surface area contributed by atoms with Gasteiger partial charge in [0, 0.05) is 6.08 Å². The van der Waals surface area contributed by atoms with E-state index in [1.807, 2.05) is 0 Å². The van der Waals surface area contributed by atoms with Crippen molar-refractivity contribution in [3.63, 3.8) is 0 Å². The fraction of sp³-hybridized carbons (Fsp3) is 0.571. The summed E-state index contributed by atoms with van der Waals surface area (Å²) in [7, 11) is 1.49. The van der Waals surface area contributed by atoms with Crippen molar-refractivity contribution < 1.29 is 19.4 Å². The zero-order valence-corrected chi connectivity index (χ0v) is 15.6. The third kappa shape index (κ3) is 9.80. The van der Waals surface area contributed by atoms with Gasteiger partial charge in [-0.1, -0.05) is 64.4 Å². The van der Waals surface area contributed by atoms with Gasteiger partial charge in [-0.05, 0) is 30.2 Å². The number of carbonyl (C=O) groups excluding carboxylic acids is 1. The van der Waals surface area contributed by atoms with Crippen LogP contribution in [0.15, 0.2) is 24.3 Å². The van der Waals surface area contributed by atoms with Crippen molar-refractivity contribution in [3.05, 3.63) is 29.8 Å². The maximum Gasteiger partial charge on any atom is 0.330 e. The predicted molar refractivity (Wildman–Crippen MR) is 102 cm³/mol. The minimum absolute atomic E-state index is 0.0765. The molecule has 0 unspecified atom stereocenters. The van der Waals surface area contributed by atoms with Gasteiger partial charge in [-0.15, -0.1) is 0 Å². The van der Waals surface area contributed by atoms with Crippen molar-refractivity contribution in [3.8, 4) is 11.5 Å². The third-order valence-electron chi connectivity index (χ3n) is 4.11. The molecule has 1 aromatic carbocycles. The topological polar surface area (TPSA) is 55.8 Å². The average Bonchev–Trinajstić information content (AvgIpc) is 2.62. The van der Waals surface area contributed by atoms with Crippen LogP contribution in [-0.4, -0.2) is 24.8 Å². The molecule has 140 valence electrons. The Morgan fingerprint density at radius 2 is 1.68 bits per heavy atom. The third-order valence-corrected chi connectivity index (χ3v) is 4.11. The van der Waals surface area contributed by atoms with E-state index in [0.29, 0.717) is 12.4 Å². The summed E-state index contributed by atoms with van der Waals surface area (Å²) >= 11 is 0. The lowest BCUT2D eigenvalue weighted by molar-refractivity contribution is -0.137. The summed E-state index contributed by atoms with van der Waals surface area (Å²) in [5.41, 5.74) is 0.773. The van der Waals surface area contributed by atoms with Crippen LogP contribution in [0, 0.1) is 0 Å². The van der Waals surface area contributed by atoms with Crippen LogP contribution in [0.4, 0.5) is 0 Å². The summed E-state index contributed by atoms with van der Waals surface area (Å²) in [6.45, 7) is 2.70. The molecule has 0 heterocycles. The molecule has 0 aliphatic carbocycles. The van der Waals surface area contributed by atoms with Crippen molar-refractivity contribution in [2.45, 2.75) is 64.7 Å². The van der Waals surface area contributed by atoms with Crippen LogP contribution >= 0.6 is 0 Å². The number of esters is 1. The van der Waals surface area contributed by atoms with Crippen LogP contribution in [0.3, 0.4) is 0 Å². The molecule has 4 heteroatoms. The van der Waals surface area contributed by atoms with Crippen molar-refractivity contribution in [2.24, 2.45) is 0 Å². The first-order valence-corrected chi connectivity index (χ1v) is 9.39. The van der Waals surface area contributed by atoms with Crippen LogP contribution in [0.5, 0.6) is 11.5 Å². The molecule has 0 spiro atoms. The Kier molecular flexibility index (Phi) is 11.2. The molecule has 0 aliphatic rings. The van der Waals surface area contributed by atoms with Gasteiger partial charge < -0.3 is 14.6 Å². The molecule has 0 amide bonds. The number of unbranched alkanes of at least 4 members (excludes halogenated alkanes) is 8. The van der Waals surface area contributed by atoms with Crippen molar-refractivity contribution >= 4 is 12.0 Å². The van der Waals surface area contributed by atoms with Gasteiger partial charge in [0.25, 0.3) is 0 Å². The fourth-order valence-electron chi connectivity index (χ4n) is 2.60. The summed E-state index contributed by atoms with van der Waals surface area (Å²) in [5, 5.41) is 9.53. The molecular weight excluding hydrogens is 316 g/mol. The smallest absolute Gasteiger partial charge is 0.330 e. The van der Waals surface area contributed by atoms with E-state index in [-0.39, 0.29) is 11.7 Å². The largest absolute Gasteiger partial charge is 0.504 e. The molecule has 0 aromatic heterocycles. The number of phenolic OH excluding ortho intramolecular Hbond substituents is 1. The van der Waals surface area contributed by atoms with Crippen LogP contribution in [-0.2, 0) is 9.53 Å². The zero-order valence-electron chi connectivity index (χ0n) is 15.6. The van der Waals surface area contributed by atoms with Gasteiger partial charge in [-0.25, -0.2) is 4.79 Å². The van der Waals surface area contributed by atoms with Crippen LogP contribution in [0.2, 0.25) is 0 Å². The Morgan fingerprint density at radius 3 is 2.32 bits per heavy atom. The summed E-state index contributed by atoms with van der Waals surface area (Å²) in [6, 6.07) is 4.91. The van der Waals surface area contributed by atoms with Crippen molar-refractivity contribution in [1.29, 1.82) is 0 Å². The van der Waals surface area contributed by atoms with Crippen LogP contribution < -0.4 is 4.74 Å². The Bertz CT molecular complexity index is 523. The Hall–Kier alpha value is -1.97. The number of phenols is 1. The summed E-state index contributed by atoms with van der Waals surface area (Å²) in [4.78, 5) is 11.7. The van der Waals surface area contributed by atoms with Gasteiger partial charge in [0.05, 0.1) is 13.7 Å². The van der Waals surface area contributed by atoms with E-state index in [9.17, 15) is 9.90 Å². The molecule has 0 aliphatic heterocycles. The van der Waals surface area contributed by atoms with E-state index >= 15 is 0 Å². The first kappa shape index (κ1) is 21.1. The Balaban J connectivity index is 2.11. The second-order valence-electron chi connectivity index (χ2n) is 6.26. The van der Waals surface area contributed by atoms with E-state index in [1.165, 1.54) is 64.2 Å². The van der Waals surface area contributed by atoms with Crippen LogP contribution in [0.1, 0.15) is 70.3 Å². The molecule has 0 saturated carbocycles. The maximum atomic E-state index is 11.7. The van der Waals surface area contributed by atoms with E-state index in [2.05, 4.69) is 6.92 Å². The molecular formula is C21H32O4. The fourth-order valence-corrected chi connectivity index (χ4v) is 2.60. The van der Waals surface area contributed by atoms with Gasteiger partial charge in [-0.3, -0.25) is 0 Å². The number of rotatable bonds is 13. The average molecular weight is 348 g/mol. The zero-order chi connectivity index (χ0) is 18.3. The lowest BCUT2D eigenvalue weighted by atomic mass is 10.1. The molecule has 25 heavy (non-hydrogen) atoms. The quantitative estimate of drug-likeness (QED) is 0.291. The lowest BCUT2D eigenvalue weighted by Gasteiger charge is -2.04. The number of hydrogen-bond acceptors (Lipinski definition) is 4. The number of hydrogen-bond donors (Lipinski definition) is 1. The molecule has 4 nitrogen and oxygen atoms in total. The minimum Gasteiger partial charge on any atom is -0.504 e. The predicted octanol–water partition coefficient (Wildman–Crippen LogP) is 5.49. The minimum atomic E-state index is -0.341. The normalized spacial score (nSPS) is 11.0. The standard InChI is InChI=1S/C21H32O4/c1-3-4-5-6-7-8-9-10-11-16-25-21(23)15-13-18-12-14-19(22)20(17-18)24-2/h12-15,17,22H,3-11,16H2,1-2H3. The highest BCUT2D eigenvalue weighted by Gasteiger charge is 2.02. The SMILES string of the molecule is CCCCCCCCCCCOC(=O)C=Cc1ccc(O)c(OC)c1. The van der Waals surface area contributed by atoms with Gasteiger partial charge in [0.1, 0.15) is 0 Å². The molecule has 1 aromatic rings. The molecule has 0 atom stereocenters. The number of carbonyl (C=O) groups is 1. The van der Waals surface area contributed by atoms with Gasteiger partial charge in [0.2, 0.25) is 0 Å². The van der Waals surface area contributed by atoms with Gasteiger partial charge >= 0.3 is 5.97 Å². The summed E-state index contributed by atoms with van der Waals surface area (Å²) in [5.74, 6) is 0.115. The number of benzene rings is 1. The highest BCUT2D eigenvalue weighted by atomic mass is 16.5. The van der Waals surface area contributed by atoms with Gasteiger partial charge in [-0.2, -0.15) is 0 Å². The first-order chi connectivity index (χ1) is 12.2. The summed E-state index contributed by atoms with van der Waals surface area (Å²) < 4.78 is 10.2. The lowest BCUT2D eigenvalue weighted by Crippen LogP contribution is -2.02. The van der Waals surface area contributed by atoms with Crippen molar-refractivity contribution in [2.75, 3.05) is 13.7 Å². The van der Waals surface area contributed by atoms with E-state index < -0.39 is 0 Å². The maximum absolute atomic E-state index is 11.7. The highest BCUT2D eigenvalue weighted by Crippen LogP contribution is 2.26. The molecule has 1 N–H and O–H groups in total. The molecule has 0 saturated heterocycles. The van der Waals surface area contributed by atoms with E-state index in [4.69, 9.17) is 9.47 Å². The van der Waals surface area contributed by atoms with E-state index in [0.717, 1.165) is 18.4 Å². The Labute approximate surface area is 151 Å². The van der Waals surface area contributed by atoms with Gasteiger partial charge in [0.15, 0.2) is 11.5 Å². The first-order valence-electron chi connectivity index (χ1n) is 9.39. The molecule has 0 fully saturated rings. The molecule has 0 radical (unpaired) electrons. The van der Waals surface area contributed by atoms with Crippen molar-refractivity contribution in [1.82, 2.24) is 0 Å². The Morgan fingerprint density at radius 1 is 1.04 bits per heavy atom. The summed E-state index contributed by atoms with van der Waals surface area (Å²) in [6.07, 6.45) is 14.2. The number of ether oxygens (including phenoxy) is 2. The number of methoxy groups -OCH3 is 1. The highest BCUT2D eigenvalue weighted by molar-refractivity contribution is 5.87. The molecule has 0 bridgehead atoms. The van der Waals surface area contributed by atoms with E-state index in [1.54, 1.807) is 18.2 Å². The number of aromatic hydroxyl groups is 1. The second-order valence-corrected chi connectivity index (χ2v) is 6.26. The second kappa shape index (κ2) is 13.3. The monoisotopic (exact) mass is 348 g/mol. The molecule has 1 rings (SSSR count). The van der Waals surface area contributed by atoms with Crippen LogP contribution in [0.25, 0.3) is 6.08 Å².